The number of carbonyl (C=O) groups is 2. The monoisotopic (exact) mass is 237 g/mol. The van der Waals surface area contributed by atoms with Crippen LogP contribution in [-0.4, -0.2) is 35.2 Å². The molecule has 0 saturated carbocycles. The predicted octanol–water partition coefficient (Wildman–Crippen LogP) is 1.28. The number of aryl methyl sites for hydroxylation is 2. The van der Waals surface area contributed by atoms with E-state index in [9.17, 15) is 9.59 Å². The number of hydrogen-bond acceptors (Lipinski definition) is 3. The fourth-order valence-electron chi connectivity index (χ4n) is 1.70. The molecule has 0 saturated heterocycles. The fraction of sp³-hybridized carbons (Fsp3) is 0.333. The molecule has 2 N–H and O–H groups in total. The summed E-state index contributed by atoms with van der Waals surface area (Å²) in [6, 6.07) is 5.50. The maximum atomic E-state index is 10.7. The van der Waals surface area contributed by atoms with Crippen LogP contribution in [0.4, 0.5) is 5.69 Å². The highest BCUT2D eigenvalue weighted by Crippen LogP contribution is 2.18. The Balaban J connectivity index is 3.02. The maximum absolute atomic E-state index is 10.7. The summed E-state index contributed by atoms with van der Waals surface area (Å²) in [5, 5.41) is 17.5. The summed E-state index contributed by atoms with van der Waals surface area (Å²) in [6.45, 7) is 3.12. The molecule has 0 spiro atoms. The van der Waals surface area contributed by atoms with Crippen LogP contribution in [0.1, 0.15) is 11.1 Å². The van der Waals surface area contributed by atoms with Gasteiger partial charge in [0.15, 0.2) is 0 Å². The van der Waals surface area contributed by atoms with Crippen LogP contribution in [-0.2, 0) is 9.59 Å². The average molecular weight is 237 g/mol. The van der Waals surface area contributed by atoms with Crippen molar-refractivity contribution in [3.8, 4) is 0 Å². The maximum Gasteiger partial charge on any atom is 0.323 e. The molecule has 0 radical (unpaired) electrons. The molecule has 0 aliphatic carbocycles. The van der Waals surface area contributed by atoms with E-state index in [1.165, 1.54) is 4.90 Å². The van der Waals surface area contributed by atoms with Crippen molar-refractivity contribution >= 4 is 17.6 Å². The van der Waals surface area contributed by atoms with Gasteiger partial charge in [0.1, 0.15) is 13.1 Å². The number of carboxylic acid groups (broad SMARTS) is 2. The first-order valence-corrected chi connectivity index (χ1v) is 5.15. The van der Waals surface area contributed by atoms with E-state index in [0.717, 1.165) is 11.1 Å². The second-order valence-corrected chi connectivity index (χ2v) is 3.99. The minimum atomic E-state index is -1.05. The quantitative estimate of drug-likeness (QED) is 0.806. The van der Waals surface area contributed by atoms with E-state index in [4.69, 9.17) is 10.2 Å². The van der Waals surface area contributed by atoms with E-state index in [0.29, 0.717) is 5.69 Å². The Morgan fingerprint density at radius 3 is 1.76 bits per heavy atom. The van der Waals surface area contributed by atoms with Gasteiger partial charge in [-0.05, 0) is 37.1 Å². The lowest BCUT2D eigenvalue weighted by atomic mass is 10.1. The highest BCUT2D eigenvalue weighted by Gasteiger charge is 2.14. The molecule has 0 aliphatic heterocycles. The number of anilines is 1. The summed E-state index contributed by atoms with van der Waals surface area (Å²) in [5.41, 5.74) is 2.56. The standard InChI is InChI=1S/C12H15NO4/c1-8-3-9(2)5-10(4-8)13(6-11(14)15)7-12(16)17/h3-5H,6-7H2,1-2H3,(H,14,15)(H,16,17). The third-order valence-electron chi connectivity index (χ3n) is 2.22. The molecule has 1 aromatic rings. The minimum absolute atomic E-state index is 0.324. The van der Waals surface area contributed by atoms with Crippen LogP contribution in [0, 0.1) is 13.8 Å². The summed E-state index contributed by atoms with van der Waals surface area (Å²) in [7, 11) is 0. The zero-order chi connectivity index (χ0) is 13.0. The van der Waals surface area contributed by atoms with Crippen molar-refractivity contribution in [1.29, 1.82) is 0 Å². The van der Waals surface area contributed by atoms with Gasteiger partial charge in [0.2, 0.25) is 0 Å². The first kappa shape index (κ1) is 13.0. The van der Waals surface area contributed by atoms with E-state index < -0.39 is 11.9 Å². The van der Waals surface area contributed by atoms with Crippen molar-refractivity contribution in [2.75, 3.05) is 18.0 Å². The fourth-order valence-corrected chi connectivity index (χ4v) is 1.70. The van der Waals surface area contributed by atoms with Crippen molar-refractivity contribution in [2.24, 2.45) is 0 Å². The molecule has 0 aliphatic rings. The van der Waals surface area contributed by atoms with Crippen LogP contribution < -0.4 is 4.90 Å². The van der Waals surface area contributed by atoms with E-state index >= 15 is 0 Å². The minimum Gasteiger partial charge on any atom is -0.480 e. The summed E-state index contributed by atoms with van der Waals surface area (Å²) >= 11 is 0. The molecule has 0 heterocycles. The Kier molecular flexibility index (Phi) is 4.09. The third kappa shape index (κ3) is 4.14. The first-order valence-electron chi connectivity index (χ1n) is 5.15. The smallest absolute Gasteiger partial charge is 0.323 e. The second-order valence-electron chi connectivity index (χ2n) is 3.99. The Labute approximate surface area is 99.3 Å². The molecule has 0 fully saturated rings. The molecule has 92 valence electrons. The number of benzene rings is 1. The lowest BCUT2D eigenvalue weighted by Crippen LogP contribution is -2.34. The van der Waals surface area contributed by atoms with Crippen molar-refractivity contribution in [2.45, 2.75) is 13.8 Å². The molecule has 1 aromatic carbocycles. The normalized spacial score (nSPS) is 10.0. The number of aliphatic carboxylic acids is 2. The Morgan fingerprint density at radius 2 is 1.41 bits per heavy atom. The van der Waals surface area contributed by atoms with Crippen LogP contribution in [0.3, 0.4) is 0 Å². The molecular formula is C12H15NO4. The van der Waals surface area contributed by atoms with E-state index in [-0.39, 0.29) is 13.1 Å². The van der Waals surface area contributed by atoms with E-state index in [1.54, 1.807) is 12.1 Å². The molecule has 5 heteroatoms. The molecule has 1 rings (SSSR count). The largest absolute Gasteiger partial charge is 0.480 e. The van der Waals surface area contributed by atoms with E-state index in [2.05, 4.69) is 0 Å². The Morgan fingerprint density at radius 1 is 1.00 bits per heavy atom. The SMILES string of the molecule is Cc1cc(C)cc(N(CC(=O)O)CC(=O)O)c1. The van der Waals surface area contributed by atoms with Gasteiger partial charge in [-0.25, -0.2) is 0 Å². The number of carboxylic acids is 2. The van der Waals surface area contributed by atoms with Gasteiger partial charge in [0.05, 0.1) is 0 Å². The average Bonchev–Trinajstić information content (AvgIpc) is 2.13. The number of hydrogen-bond donors (Lipinski definition) is 2. The molecule has 17 heavy (non-hydrogen) atoms. The third-order valence-corrected chi connectivity index (χ3v) is 2.22. The molecule has 5 nitrogen and oxygen atoms in total. The van der Waals surface area contributed by atoms with Crippen molar-refractivity contribution in [1.82, 2.24) is 0 Å². The summed E-state index contributed by atoms with van der Waals surface area (Å²) in [6.07, 6.45) is 0. The highest BCUT2D eigenvalue weighted by atomic mass is 16.4. The van der Waals surface area contributed by atoms with Gasteiger partial charge in [0.25, 0.3) is 0 Å². The number of rotatable bonds is 5. The molecule has 0 amide bonds. The van der Waals surface area contributed by atoms with Gasteiger partial charge >= 0.3 is 11.9 Å². The van der Waals surface area contributed by atoms with Gasteiger partial charge in [-0.3, -0.25) is 9.59 Å². The zero-order valence-electron chi connectivity index (χ0n) is 9.80. The summed E-state index contributed by atoms with van der Waals surface area (Å²) in [4.78, 5) is 22.7. The lowest BCUT2D eigenvalue weighted by Gasteiger charge is -2.21. The summed E-state index contributed by atoms with van der Waals surface area (Å²) in [5.74, 6) is -2.10. The molecular weight excluding hydrogens is 222 g/mol. The summed E-state index contributed by atoms with van der Waals surface area (Å²) < 4.78 is 0. The van der Waals surface area contributed by atoms with Crippen LogP contribution >= 0.6 is 0 Å². The van der Waals surface area contributed by atoms with Crippen LogP contribution in [0.25, 0.3) is 0 Å². The van der Waals surface area contributed by atoms with Crippen LogP contribution in [0.5, 0.6) is 0 Å². The molecule has 0 aromatic heterocycles. The van der Waals surface area contributed by atoms with Crippen molar-refractivity contribution in [3.05, 3.63) is 29.3 Å². The van der Waals surface area contributed by atoms with Crippen molar-refractivity contribution < 1.29 is 19.8 Å². The van der Waals surface area contributed by atoms with Gasteiger partial charge < -0.3 is 15.1 Å². The van der Waals surface area contributed by atoms with Gasteiger partial charge in [-0.15, -0.1) is 0 Å². The predicted molar refractivity (Wildman–Crippen MR) is 63.4 cm³/mol. The topological polar surface area (TPSA) is 77.8 Å². The second kappa shape index (κ2) is 5.34. The molecule has 0 atom stereocenters. The lowest BCUT2D eigenvalue weighted by molar-refractivity contribution is -0.136. The molecule has 0 unspecified atom stereocenters. The highest BCUT2D eigenvalue weighted by molar-refractivity contribution is 5.79. The van der Waals surface area contributed by atoms with Gasteiger partial charge in [-0.1, -0.05) is 6.07 Å². The van der Waals surface area contributed by atoms with Crippen LogP contribution in [0.15, 0.2) is 18.2 Å². The van der Waals surface area contributed by atoms with E-state index in [1.807, 2.05) is 19.9 Å². The van der Waals surface area contributed by atoms with Crippen molar-refractivity contribution in [3.63, 3.8) is 0 Å². The van der Waals surface area contributed by atoms with Gasteiger partial charge in [0, 0.05) is 5.69 Å². The Bertz CT molecular complexity index is 406. The van der Waals surface area contributed by atoms with Gasteiger partial charge in [-0.2, -0.15) is 0 Å². The Hall–Kier alpha value is -2.04. The van der Waals surface area contributed by atoms with Crippen LogP contribution in [0.2, 0.25) is 0 Å². The first-order chi connectivity index (χ1) is 7.88. The zero-order valence-corrected chi connectivity index (χ0v) is 9.80. The number of nitrogens with zero attached hydrogens (tertiary/aromatic N) is 1. The molecule has 0 bridgehead atoms.